The Morgan fingerprint density at radius 1 is 0.529 bits per heavy atom. The van der Waals surface area contributed by atoms with E-state index >= 15 is 0 Å². The molecule has 1 aromatic heterocycles. The van der Waals surface area contributed by atoms with E-state index in [4.69, 9.17) is 0 Å². The Bertz CT molecular complexity index is 1880. The topological polar surface area (TPSA) is 4.93 Å². The van der Waals surface area contributed by atoms with Gasteiger partial charge in [0.1, 0.15) is 0 Å². The van der Waals surface area contributed by atoms with E-state index in [2.05, 4.69) is 95.6 Å². The lowest BCUT2D eigenvalue weighted by atomic mass is 9.91. The highest BCUT2D eigenvalue weighted by molar-refractivity contribution is 6.19. The van der Waals surface area contributed by atoms with E-state index in [1.54, 1.807) is 0 Å². The molecule has 0 saturated heterocycles. The van der Waals surface area contributed by atoms with Crippen LogP contribution in [0.3, 0.4) is 0 Å². The molecule has 0 amide bonds. The van der Waals surface area contributed by atoms with E-state index in [1.807, 2.05) is 0 Å². The van der Waals surface area contributed by atoms with Gasteiger partial charge in [-0.05, 0) is 80.6 Å². The second kappa shape index (κ2) is 5.87. The fraction of sp³-hybridized carbons (Fsp3) is 0.0909. The first-order chi connectivity index (χ1) is 16.9. The summed E-state index contributed by atoms with van der Waals surface area (Å²) in [5.41, 5.74) is 18.8. The summed E-state index contributed by atoms with van der Waals surface area (Å²) in [4.78, 5) is 0. The lowest BCUT2D eigenvalue weighted by Crippen LogP contribution is -2.08. The van der Waals surface area contributed by atoms with Crippen LogP contribution in [-0.2, 0) is 19.3 Å². The van der Waals surface area contributed by atoms with Crippen molar-refractivity contribution in [3.8, 4) is 27.9 Å². The minimum Gasteiger partial charge on any atom is -0.309 e. The van der Waals surface area contributed by atoms with Gasteiger partial charge in [0.2, 0.25) is 0 Å². The van der Waals surface area contributed by atoms with E-state index in [0.29, 0.717) is 0 Å². The molecule has 0 unspecified atom stereocenters. The third-order valence-electron chi connectivity index (χ3n) is 8.42. The minimum absolute atomic E-state index is 1.01. The molecule has 0 atom stereocenters. The molecule has 0 fully saturated rings. The molecule has 158 valence electrons. The number of rotatable bonds is 0. The third-order valence-corrected chi connectivity index (χ3v) is 8.42. The first-order valence-corrected chi connectivity index (χ1v) is 12.3. The Hall–Kier alpha value is -4.10. The van der Waals surface area contributed by atoms with Crippen molar-refractivity contribution in [3.63, 3.8) is 0 Å². The fourth-order valence-electron chi connectivity index (χ4n) is 7.14. The van der Waals surface area contributed by atoms with Gasteiger partial charge in [-0.2, -0.15) is 0 Å². The average Bonchev–Trinajstić information content (AvgIpc) is 3.54. The maximum absolute atomic E-state index is 2.53. The van der Waals surface area contributed by atoms with Gasteiger partial charge in [0, 0.05) is 22.9 Å². The third kappa shape index (κ3) is 1.94. The van der Waals surface area contributed by atoms with Gasteiger partial charge in [0.25, 0.3) is 0 Å². The van der Waals surface area contributed by atoms with Crippen LogP contribution >= 0.6 is 0 Å². The van der Waals surface area contributed by atoms with Crippen molar-refractivity contribution in [3.05, 3.63) is 124 Å². The predicted octanol–water partition coefficient (Wildman–Crippen LogP) is 7.83. The number of benzene rings is 5. The van der Waals surface area contributed by atoms with Crippen molar-refractivity contribution in [2.75, 3.05) is 0 Å². The molecule has 0 radical (unpaired) electrons. The van der Waals surface area contributed by atoms with Crippen LogP contribution in [0.25, 0.3) is 49.7 Å². The normalized spacial score (nSPS) is 14.1. The molecule has 1 heteroatoms. The van der Waals surface area contributed by atoms with Gasteiger partial charge in [0.05, 0.1) is 11.0 Å². The van der Waals surface area contributed by atoms with Crippen LogP contribution in [0.5, 0.6) is 0 Å². The zero-order chi connectivity index (χ0) is 22.0. The molecule has 2 aliphatic carbocycles. The molecule has 1 nitrogen and oxygen atoms in total. The highest BCUT2D eigenvalue weighted by Crippen LogP contribution is 2.52. The molecule has 6 aromatic rings. The van der Waals surface area contributed by atoms with Crippen molar-refractivity contribution in [2.24, 2.45) is 0 Å². The standard InChI is InChI=1S/C33H21N/c1-3-9-24-19(7-1)15-21-13-14-25-27(30(21)24)18-22-17-23-16-20-8-2-5-11-28(20)34-29-12-6-4-10-26(29)32(31(22)25)33(23)34/h1-14,17H,15-16,18H2. The largest absolute Gasteiger partial charge is 0.309 e. The van der Waals surface area contributed by atoms with Gasteiger partial charge in [0.15, 0.2) is 0 Å². The van der Waals surface area contributed by atoms with E-state index < -0.39 is 0 Å². The number of para-hydroxylation sites is 2. The summed E-state index contributed by atoms with van der Waals surface area (Å²) >= 11 is 0. The molecule has 5 aromatic carbocycles. The number of hydrogen-bond donors (Lipinski definition) is 0. The zero-order valence-electron chi connectivity index (χ0n) is 18.7. The molecule has 2 heterocycles. The Morgan fingerprint density at radius 3 is 2.29 bits per heavy atom. The average molecular weight is 432 g/mol. The SMILES string of the molecule is c1ccc2c(c1)Cc1ccc3c(c1-2)Cc1cc2c4c(c1-3)c1ccccc1n4-c1ccccc1C2. The lowest BCUT2D eigenvalue weighted by molar-refractivity contribution is 1.04. The van der Waals surface area contributed by atoms with Crippen molar-refractivity contribution in [2.45, 2.75) is 19.3 Å². The van der Waals surface area contributed by atoms with Gasteiger partial charge in [-0.25, -0.2) is 0 Å². The van der Waals surface area contributed by atoms with E-state index in [0.717, 1.165) is 19.3 Å². The molecular formula is C33H21N. The Morgan fingerprint density at radius 2 is 1.32 bits per heavy atom. The Balaban J connectivity index is 1.44. The molecule has 0 bridgehead atoms. The van der Waals surface area contributed by atoms with Crippen LogP contribution in [0.15, 0.2) is 91.0 Å². The van der Waals surface area contributed by atoms with E-state index in [1.165, 1.54) is 83.1 Å². The number of aromatic nitrogens is 1. The van der Waals surface area contributed by atoms with Crippen molar-refractivity contribution in [1.82, 2.24) is 4.57 Å². The molecule has 9 rings (SSSR count). The van der Waals surface area contributed by atoms with Gasteiger partial charge in [-0.15, -0.1) is 0 Å². The second-order valence-electron chi connectivity index (χ2n) is 10.1. The highest BCUT2D eigenvalue weighted by atomic mass is 15.0. The molecule has 0 N–H and O–H groups in total. The van der Waals surface area contributed by atoms with Crippen molar-refractivity contribution in [1.29, 1.82) is 0 Å². The highest BCUT2D eigenvalue weighted by Gasteiger charge is 2.33. The van der Waals surface area contributed by atoms with Gasteiger partial charge < -0.3 is 4.57 Å². The summed E-state index contributed by atoms with van der Waals surface area (Å²) in [5, 5.41) is 2.82. The molecule has 0 saturated carbocycles. The molecular weight excluding hydrogens is 410 g/mol. The number of hydrogen-bond acceptors (Lipinski definition) is 0. The van der Waals surface area contributed by atoms with E-state index in [-0.39, 0.29) is 0 Å². The maximum atomic E-state index is 2.53. The van der Waals surface area contributed by atoms with Crippen LogP contribution in [0.2, 0.25) is 0 Å². The lowest BCUT2D eigenvalue weighted by Gasteiger charge is -2.21. The van der Waals surface area contributed by atoms with Gasteiger partial charge in [-0.3, -0.25) is 0 Å². The summed E-state index contributed by atoms with van der Waals surface area (Å²) < 4.78 is 2.53. The first-order valence-electron chi connectivity index (χ1n) is 12.3. The Labute approximate surface area is 197 Å². The van der Waals surface area contributed by atoms with Crippen LogP contribution < -0.4 is 0 Å². The van der Waals surface area contributed by atoms with Crippen molar-refractivity contribution >= 4 is 21.8 Å². The maximum Gasteiger partial charge on any atom is 0.0583 e. The second-order valence-corrected chi connectivity index (χ2v) is 10.1. The van der Waals surface area contributed by atoms with Crippen molar-refractivity contribution < 1.29 is 0 Å². The summed E-state index contributed by atoms with van der Waals surface area (Å²) in [6, 6.07) is 34.3. The van der Waals surface area contributed by atoms with Crippen LogP contribution in [-0.4, -0.2) is 4.57 Å². The summed E-state index contributed by atoms with van der Waals surface area (Å²) in [5.74, 6) is 0. The quantitative estimate of drug-likeness (QED) is 0.231. The Kier molecular flexibility index (Phi) is 3.00. The molecule has 1 aliphatic heterocycles. The van der Waals surface area contributed by atoms with Crippen LogP contribution in [0.4, 0.5) is 0 Å². The van der Waals surface area contributed by atoms with Gasteiger partial charge in [-0.1, -0.05) is 78.9 Å². The van der Waals surface area contributed by atoms with Crippen LogP contribution in [0, 0.1) is 0 Å². The smallest absolute Gasteiger partial charge is 0.0583 e. The number of fused-ring (bicyclic) bond motifs is 13. The molecule has 0 spiro atoms. The van der Waals surface area contributed by atoms with Crippen LogP contribution in [0.1, 0.15) is 33.4 Å². The van der Waals surface area contributed by atoms with E-state index in [9.17, 15) is 0 Å². The summed E-state index contributed by atoms with van der Waals surface area (Å²) in [7, 11) is 0. The molecule has 3 aliphatic rings. The van der Waals surface area contributed by atoms with Gasteiger partial charge >= 0.3 is 0 Å². The zero-order valence-corrected chi connectivity index (χ0v) is 18.7. The monoisotopic (exact) mass is 431 g/mol. The molecule has 34 heavy (non-hydrogen) atoms. The summed E-state index contributed by atoms with van der Waals surface area (Å²) in [6.07, 6.45) is 3.10. The first kappa shape index (κ1) is 17.4. The predicted molar refractivity (Wildman–Crippen MR) is 140 cm³/mol. The minimum atomic E-state index is 1.01. The fourth-order valence-corrected chi connectivity index (χ4v) is 7.14. The number of nitrogens with zero attached hydrogens (tertiary/aromatic N) is 1. The summed E-state index contributed by atoms with van der Waals surface area (Å²) in [6.45, 7) is 0.